The van der Waals surface area contributed by atoms with Gasteiger partial charge in [0.05, 0.1) is 11.7 Å². The van der Waals surface area contributed by atoms with E-state index in [0.29, 0.717) is 5.25 Å². The van der Waals surface area contributed by atoms with Crippen LogP contribution in [-0.4, -0.2) is 31.4 Å². The van der Waals surface area contributed by atoms with Crippen LogP contribution in [0.25, 0.3) is 0 Å². The predicted octanol–water partition coefficient (Wildman–Crippen LogP) is 5.14. The molecule has 2 aliphatic heterocycles. The van der Waals surface area contributed by atoms with Crippen molar-refractivity contribution >= 4 is 16.9 Å². The number of amidine groups is 1. The summed E-state index contributed by atoms with van der Waals surface area (Å²) >= 11 is 1.89. The number of aliphatic imine (C=N–C) groups is 1. The first-order valence-corrected chi connectivity index (χ1v) is 11.1. The van der Waals surface area contributed by atoms with Crippen LogP contribution in [0.5, 0.6) is 0 Å². The van der Waals surface area contributed by atoms with Gasteiger partial charge in [0.1, 0.15) is 6.04 Å². The van der Waals surface area contributed by atoms with Crippen LogP contribution in [0.15, 0.2) is 65.8 Å². The summed E-state index contributed by atoms with van der Waals surface area (Å²) < 4.78 is 2.44. The van der Waals surface area contributed by atoms with E-state index in [4.69, 9.17) is 4.99 Å². The van der Waals surface area contributed by atoms with Gasteiger partial charge in [-0.25, -0.2) is 0 Å². The Kier molecular flexibility index (Phi) is 4.70. The smallest absolute Gasteiger partial charge is 0.160 e. The third-order valence-corrected chi connectivity index (χ3v) is 7.10. The second kappa shape index (κ2) is 7.38. The van der Waals surface area contributed by atoms with Gasteiger partial charge in [0, 0.05) is 35.9 Å². The summed E-state index contributed by atoms with van der Waals surface area (Å²) in [5, 5.41) is 1.75. The van der Waals surface area contributed by atoms with Crippen molar-refractivity contribution in [3.05, 3.63) is 89.0 Å². The van der Waals surface area contributed by atoms with Gasteiger partial charge in [-0.05, 0) is 43.2 Å². The second-order valence-electron chi connectivity index (χ2n) is 8.03. The standard InChI is InChI=1S/C24H26N4S/c1-16-13-20(18(3)27(16)15-19-9-5-4-6-10-19)23-22(21-11-7-8-12-25-21)26-24-28(23)14-17(2)29-24/h4-13,17,22-23H,14-15H2,1-3H3/t17-,22+,23+/m0/s1. The van der Waals surface area contributed by atoms with Crippen molar-refractivity contribution in [1.82, 2.24) is 14.5 Å². The zero-order valence-corrected chi connectivity index (χ0v) is 17.9. The molecule has 5 rings (SSSR count). The Hall–Kier alpha value is -2.53. The van der Waals surface area contributed by atoms with Crippen LogP contribution in [0.4, 0.5) is 0 Å². The number of pyridine rings is 1. The zero-order valence-electron chi connectivity index (χ0n) is 17.1. The van der Waals surface area contributed by atoms with Crippen LogP contribution in [0.2, 0.25) is 0 Å². The minimum Gasteiger partial charge on any atom is -0.344 e. The molecule has 3 atom stereocenters. The van der Waals surface area contributed by atoms with Crippen LogP contribution in [0, 0.1) is 13.8 Å². The second-order valence-corrected chi connectivity index (χ2v) is 9.44. The number of nitrogens with zero attached hydrogens (tertiary/aromatic N) is 4. The highest BCUT2D eigenvalue weighted by atomic mass is 32.2. The Bertz CT molecular complexity index is 1040. The fourth-order valence-electron chi connectivity index (χ4n) is 4.59. The highest BCUT2D eigenvalue weighted by Crippen LogP contribution is 2.48. The number of fused-ring (bicyclic) bond motifs is 1. The predicted molar refractivity (Wildman–Crippen MR) is 120 cm³/mol. The molecule has 29 heavy (non-hydrogen) atoms. The molecule has 0 N–H and O–H groups in total. The molecule has 0 saturated carbocycles. The molecule has 0 unspecified atom stereocenters. The van der Waals surface area contributed by atoms with Crippen LogP contribution in [-0.2, 0) is 6.54 Å². The van der Waals surface area contributed by atoms with Gasteiger partial charge >= 0.3 is 0 Å². The summed E-state index contributed by atoms with van der Waals surface area (Å²) in [5.41, 5.74) is 6.40. The van der Waals surface area contributed by atoms with Crippen LogP contribution in [0.1, 0.15) is 47.2 Å². The Labute approximate surface area is 176 Å². The quantitative estimate of drug-likeness (QED) is 0.606. The van der Waals surface area contributed by atoms with Gasteiger partial charge in [0.2, 0.25) is 0 Å². The van der Waals surface area contributed by atoms with E-state index < -0.39 is 0 Å². The third kappa shape index (κ3) is 3.27. The van der Waals surface area contributed by atoms with Crippen molar-refractivity contribution < 1.29 is 0 Å². The topological polar surface area (TPSA) is 33.4 Å². The van der Waals surface area contributed by atoms with Crippen molar-refractivity contribution in [3.8, 4) is 0 Å². The molecule has 1 aromatic carbocycles. The molecule has 2 aliphatic rings. The summed E-state index contributed by atoms with van der Waals surface area (Å²) in [6, 6.07) is 19.5. The Balaban J connectivity index is 1.55. The molecule has 148 valence electrons. The van der Waals surface area contributed by atoms with E-state index in [1.807, 2.05) is 24.0 Å². The highest BCUT2D eigenvalue weighted by Gasteiger charge is 2.44. The number of aromatic nitrogens is 2. The molecule has 0 bridgehead atoms. The lowest BCUT2D eigenvalue weighted by molar-refractivity contribution is 0.320. The van der Waals surface area contributed by atoms with E-state index in [2.05, 4.69) is 83.8 Å². The van der Waals surface area contributed by atoms with Crippen molar-refractivity contribution in [1.29, 1.82) is 0 Å². The number of thioether (sulfide) groups is 1. The van der Waals surface area contributed by atoms with Gasteiger partial charge < -0.3 is 9.47 Å². The van der Waals surface area contributed by atoms with E-state index in [9.17, 15) is 0 Å². The van der Waals surface area contributed by atoms with Gasteiger partial charge in [-0.3, -0.25) is 9.98 Å². The van der Waals surface area contributed by atoms with Gasteiger partial charge in [-0.2, -0.15) is 0 Å². The molecule has 4 heterocycles. The molecule has 0 radical (unpaired) electrons. The summed E-state index contributed by atoms with van der Waals surface area (Å²) in [4.78, 5) is 12.3. The fraction of sp³-hybridized carbons (Fsp3) is 0.333. The summed E-state index contributed by atoms with van der Waals surface area (Å²) in [5.74, 6) is 0. The minimum atomic E-state index is 0.0527. The van der Waals surface area contributed by atoms with Crippen LogP contribution < -0.4 is 0 Å². The molecule has 2 aromatic heterocycles. The average molecular weight is 403 g/mol. The van der Waals surface area contributed by atoms with Crippen LogP contribution in [0.3, 0.4) is 0 Å². The number of hydrogen-bond donors (Lipinski definition) is 0. The lowest BCUT2D eigenvalue weighted by Crippen LogP contribution is -2.29. The normalized spacial score (nSPS) is 23.3. The molecule has 4 nitrogen and oxygen atoms in total. The first kappa shape index (κ1) is 18.5. The summed E-state index contributed by atoms with van der Waals surface area (Å²) in [6.07, 6.45) is 1.88. The van der Waals surface area contributed by atoms with Crippen molar-refractivity contribution in [3.63, 3.8) is 0 Å². The molecule has 0 aliphatic carbocycles. The molecular formula is C24H26N4S. The fourth-order valence-corrected chi connectivity index (χ4v) is 5.68. The maximum atomic E-state index is 5.13. The van der Waals surface area contributed by atoms with Gasteiger partial charge in [0.15, 0.2) is 5.17 Å². The Morgan fingerprint density at radius 2 is 1.86 bits per heavy atom. The van der Waals surface area contributed by atoms with E-state index in [1.54, 1.807) is 0 Å². The molecule has 1 fully saturated rings. The number of hydrogen-bond acceptors (Lipinski definition) is 4. The number of rotatable bonds is 4. The third-order valence-electron chi connectivity index (χ3n) is 6.00. The van der Waals surface area contributed by atoms with Gasteiger partial charge in [0.25, 0.3) is 0 Å². The van der Waals surface area contributed by atoms with Gasteiger partial charge in [-0.1, -0.05) is 55.1 Å². The SMILES string of the molecule is Cc1cc([C@@H]2[C@@H](c3ccccn3)N=C3S[C@@H](C)CN32)c(C)n1Cc1ccccc1. The van der Waals surface area contributed by atoms with Crippen molar-refractivity contribution in [2.45, 2.75) is 44.6 Å². The monoisotopic (exact) mass is 402 g/mol. The summed E-state index contributed by atoms with van der Waals surface area (Å²) in [7, 11) is 0. The van der Waals surface area contributed by atoms with Crippen molar-refractivity contribution in [2.75, 3.05) is 6.54 Å². The first-order valence-electron chi connectivity index (χ1n) is 10.2. The molecule has 0 amide bonds. The zero-order chi connectivity index (χ0) is 20.0. The molecule has 1 saturated heterocycles. The lowest BCUT2D eigenvalue weighted by atomic mass is 9.96. The van der Waals surface area contributed by atoms with E-state index in [1.165, 1.54) is 27.7 Å². The van der Waals surface area contributed by atoms with E-state index in [0.717, 1.165) is 18.8 Å². The molecule has 5 heteroatoms. The Morgan fingerprint density at radius 3 is 2.62 bits per heavy atom. The van der Waals surface area contributed by atoms with Crippen LogP contribution >= 0.6 is 11.8 Å². The van der Waals surface area contributed by atoms with E-state index in [-0.39, 0.29) is 12.1 Å². The molecular weight excluding hydrogens is 376 g/mol. The Morgan fingerprint density at radius 1 is 1.07 bits per heavy atom. The lowest BCUT2D eigenvalue weighted by Gasteiger charge is -2.27. The number of benzene rings is 1. The maximum Gasteiger partial charge on any atom is 0.160 e. The molecule has 3 aromatic rings. The largest absolute Gasteiger partial charge is 0.344 e. The molecule has 0 spiro atoms. The van der Waals surface area contributed by atoms with E-state index >= 15 is 0 Å². The van der Waals surface area contributed by atoms with Crippen molar-refractivity contribution in [2.24, 2.45) is 4.99 Å². The maximum absolute atomic E-state index is 5.13. The average Bonchev–Trinajstić information content (AvgIpc) is 3.35. The minimum absolute atomic E-state index is 0.0527. The number of aryl methyl sites for hydroxylation is 1. The van der Waals surface area contributed by atoms with Gasteiger partial charge in [-0.15, -0.1) is 0 Å². The highest BCUT2D eigenvalue weighted by molar-refractivity contribution is 8.14. The first-order chi connectivity index (χ1) is 14.1. The summed E-state index contributed by atoms with van der Waals surface area (Å²) in [6.45, 7) is 8.70.